The zero-order valence-corrected chi connectivity index (χ0v) is 10.3. The van der Waals surface area contributed by atoms with E-state index in [9.17, 15) is 9.90 Å². The van der Waals surface area contributed by atoms with E-state index in [1.54, 1.807) is 24.3 Å². The fourth-order valence-corrected chi connectivity index (χ4v) is 1.93. The van der Waals surface area contributed by atoms with Crippen molar-refractivity contribution in [2.45, 2.75) is 6.42 Å². The molecule has 2 aromatic carbocycles. The van der Waals surface area contributed by atoms with E-state index in [1.165, 1.54) is 6.07 Å². The van der Waals surface area contributed by atoms with Gasteiger partial charge in [-0.2, -0.15) is 0 Å². The Labute approximate surface area is 112 Å². The molecule has 0 radical (unpaired) electrons. The Hall–Kier alpha value is -2.60. The number of phenols is 1. The summed E-state index contributed by atoms with van der Waals surface area (Å²) in [5.41, 5.74) is 1.87. The van der Waals surface area contributed by atoms with Crippen LogP contribution in [0.4, 0.5) is 0 Å². The van der Waals surface area contributed by atoms with Crippen molar-refractivity contribution in [3.63, 3.8) is 0 Å². The molecule has 0 bridgehead atoms. The molecular weight excluding hydrogens is 238 g/mol. The maximum Gasteiger partial charge on any atom is 0.218 e. The van der Waals surface area contributed by atoms with Crippen molar-refractivity contribution in [1.82, 2.24) is 0 Å². The summed E-state index contributed by atoms with van der Waals surface area (Å²) in [7, 11) is 0. The SMILES string of the molecule is [C-]#[N+]CCc1cc(O)ccc1C(=O)c1ccccc1. The van der Waals surface area contributed by atoms with Gasteiger partial charge >= 0.3 is 0 Å². The molecule has 0 aliphatic heterocycles. The minimum Gasteiger partial charge on any atom is -0.508 e. The van der Waals surface area contributed by atoms with E-state index in [0.29, 0.717) is 29.7 Å². The molecule has 94 valence electrons. The van der Waals surface area contributed by atoms with Gasteiger partial charge in [0.05, 0.1) is 0 Å². The predicted molar refractivity (Wildman–Crippen MR) is 73.2 cm³/mol. The second-order valence-electron chi connectivity index (χ2n) is 4.17. The van der Waals surface area contributed by atoms with Gasteiger partial charge in [0, 0.05) is 17.5 Å². The van der Waals surface area contributed by atoms with Gasteiger partial charge in [-0.15, -0.1) is 0 Å². The first-order valence-corrected chi connectivity index (χ1v) is 5.97. The summed E-state index contributed by atoms with van der Waals surface area (Å²) in [6.07, 6.45) is 0.464. The van der Waals surface area contributed by atoms with Crippen LogP contribution >= 0.6 is 0 Å². The molecule has 0 spiro atoms. The van der Waals surface area contributed by atoms with Gasteiger partial charge in [-0.25, -0.2) is 6.57 Å². The summed E-state index contributed by atoms with van der Waals surface area (Å²) >= 11 is 0. The van der Waals surface area contributed by atoms with E-state index in [-0.39, 0.29) is 11.5 Å². The molecule has 0 saturated heterocycles. The molecule has 19 heavy (non-hydrogen) atoms. The van der Waals surface area contributed by atoms with Crippen LogP contribution in [0.2, 0.25) is 0 Å². The van der Waals surface area contributed by atoms with Crippen molar-refractivity contribution in [2.24, 2.45) is 0 Å². The molecule has 0 amide bonds. The van der Waals surface area contributed by atoms with E-state index in [4.69, 9.17) is 6.57 Å². The van der Waals surface area contributed by atoms with Crippen molar-refractivity contribution in [3.05, 3.63) is 76.6 Å². The summed E-state index contributed by atoms with van der Waals surface area (Å²) in [5, 5.41) is 9.50. The Morgan fingerprint density at radius 1 is 1.16 bits per heavy atom. The number of rotatable bonds is 4. The molecule has 0 saturated carbocycles. The molecule has 1 N–H and O–H groups in total. The van der Waals surface area contributed by atoms with Gasteiger partial charge in [0.25, 0.3) is 0 Å². The first kappa shape index (κ1) is 12.8. The lowest BCUT2D eigenvalue weighted by atomic mass is 9.96. The lowest BCUT2D eigenvalue weighted by molar-refractivity contribution is 0.103. The molecule has 0 aromatic heterocycles. The van der Waals surface area contributed by atoms with Gasteiger partial charge in [-0.05, 0) is 23.8 Å². The second-order valence-corrected chi connectivity index (χ2v) is 4.17. The van der Waals surface area contributed by atoms with Gasteiger partial charge in [0.15, 0.2) is 5.78 Å². The lowest BCUT2D eigenvalue weighted by Gasteiger charge is -2.07. The number of hydrogen-bond acceptors (Lipinski definition) is 2. The molecule has 2 aromatic rings. The number of carbonyl (C=O) groups excluding carboxylic acids is 1. The summed E-state index contributed by atoms with van der Waals surface area (Å²) in [6, 6.07) is 13.7. The number of phenolic OH excluding ortho intramolecular Hbond substituents is 1. The number of carbonyl (C=O) groups is 1. The molecule has 3 nitrogen and oxygen atoms in total. The molecule has 2 rings (SSSR count). The van der Waals surface area contributed by atoms with E-state index in [2.05, 4.69) is 4.85 Å². The summed E-state index contributed by atoms with van der Waals surface area (Å²) in [6.45, 7) is 7.13. The molecule has 0 heterocycles. The maximum absolute atomic E-state index is 12.4. The predicted octanol–water partition coefficient (Wildman–Crippen LogP) is 3.08. The summed E-state index contributed by atoms with van der Waals surface area (Å²) in [5.74, 6) is 0.0326. The minimum atomic E-state index is -0.0828. The van der Waals surface area contributed by atoms with Crippen molar-refractivity contribution in [1.29, 1.82) is 0 Å². The first-order valence-electron chi connectivity index (χ1n) is 5.97. The highest BCUT2D eigenvalue weighted by Crippen LogP contribution is 2.20. The highest BCUT2D eigenvalue weighted by Gasteiger charge is 2.14. The average molecular weight is 251 g/mol. The van der Waals surface area contributed by atoms with Crippen molar-refractivity contribution in [3.8, 4) is 5.75 Å². The van der Waals surface area contributed by atoms with Crippen LogP contribution in [0.15, 0.2) is 48.5 Å². The molecule has 0 atom stereocenters. The Balaban J connectivity index is 2.39. The fraction of sp³-hybridized carbons (Fsp3) is 0.125. The second kappa shape index (κ2) is 5.83. The monoisotopic (exact) mass is 251 g/mol. The van der Waals surface area contributed by atoms with E-state index >= 15 is 0 Å². The van der Waals surface area contributed by atoms with Gasteiger partial charge in [0.2, 0.25) is 6.54 Å². The third kappa shape index (κ3) is 2.99. The van der Waals surface area contributed by atoms with E-state index in [0.717, 1.165) is 0 Å². The number of aromatic hydroxyl groups is 1. The third-order valence-corrected chi connectivity index (χ3v) is 2.86. The van der Waals surface area contributed by atoms with Crippen LogP contribution in [0.3, 0.4) is 0 Å². The maximum atomic E-state index is 12.4. The van der Waals surface area contributed by atoms with Crippen LogP contribution < -0.4 is 0 Å². The Morgan fingerprint density at radius 3 is 2.58 bits per heavy atom. The topological polar surface area (TPSA) is 41.7 Å². The molecular formula is C16H13NO2. The van der Waals surface area contributed by atoms with Crippen LogP contribution in [0, 0.1) is 6.57 Å². The fourth-order valence-electron chi connectivity index (χ4n) is 1.93. The number of benzene rings is 2. The van der Waals surface area contributed by atoms with Crippen LogP contribution in [0.5, 0.6) is 5.75 Å². The Bertz CT molecular complexity index is 627. The Kier molecular flexibility index (Phi) is 3.94. The molecule has 0 unspecified atom stereocenters. The molecule has 0 aliphatic carbocycles. The van der Waals surface area contributed by atoms with Crippen LogP contribution in [0.25, 0.3) is 4.85 Å². The zero-order chi connectivity index (χ0) is 13.7. The molecule has 0 fully saturated rings. The van der Waals surface area contributed by atoms with Crippen molar-refractivity contribution >= 4 is 5.78 Å². The van der Waals surface area contributed by atoms with Crippen molar-refractivity contribution in [2.75, 3.05) is 6.54 Å². The highest BCUT2D eigenvalue weighted by molar-refractivity contribution is 6.10. The third-order valence-electron chi connectivity index (χ3n) is 2.86. The number of nitrogens with zero attached hydrogens (tertiary/aromatic N) is 1. The molecule has 0 aliphatic rings. The van der Waals surface area contributed by atoms with Gasteiger partial charge in [0.1, 0.15) is 5.75 Å². The minimum absolute atomic E-state index is 0.0828. The van der Waals surface area contributed by atoms with E-state index < -0.39 is 0 Å². The number of ketones is 1. The van der Waals surface area contributed by atoms with Crippen LogP contribution in [-0.4, -0.2) is 17.4 Å². The summed E-state index contributed by atoms with van der Waals surface area (Å²) < 4.78 is 0. The zero-order valence-electron chi connectivity index (χ0n) is 10.3. The van der Waals surface area contributed by atoms with Crippen molar-refractivity contribution < 1.29 is 9.90 Å². The van der Waals surface area contributed by atoms with Gasteiger partial charge < -0.3 is 9.95 Å². The van der Waals surface area contributed by atoms with Gasteiger partial charge in [-0.3, -0.25) is 4.79 Å². The highest BCUT2D eigenvalue weighted by atomic mass is 16.3. The van der Waals surface area contributed by atoms with Crippen LogP contribution in [0.1, 0.15) is 21.5 Å². The Morgan fingerprint density at radius 2 is 1.89 bits per heavy atom. The smallest absolute Gasteiger partial charge is 0.218 e. The lowest BCUT2D eigenvalue weighted by Crippen LogP contribution is -2.06. The molecule has 3 heteroatoms. The first-order chi connectivity index (χ1) is 9.22. The standard InChI is InChI=1S/C16H13NO2/c1-17-10-9-13-11-14(18)7-8-15(13)16(19)12-5-3-2-4-6-12/h2-8,11,18H,9-10H2. The average Bonchev–Trinajstić information content (AvgIpc) is 2.45. The van der Waals surface area contributed by atoms with Crippen LogP contribution in [-0.2, 0) is 6.42 Å². The van der Waals surface area contributed by atoms with Gasteiger partial charge in [-0.1, -0.05) is 30.3 Å². The summed E-state index contributed by atoms with van der Waals surface area (Å²) in [4.78, 5) is 15.7. The van der Waals surface area contributed by atoms with E-state index in [1.807, 2.05) is 18.2 Å². The number of hydrogen-bond donors (Lipinski definition) is 1. The quantitative estimate of drug-likeness (QED) is 0.670. The normalized spacial score (nSPS) is 9.84. The largest absolute Gasteiger partial charge is 0.508 e.